The first kappa shape index (κ1) is 15.2. The molecular weight excluding hydrogens is 295 g/mol. The second kappa shape index (κ2) is 6.05. The van der Waals surface area contributed by atoms with Gasteiger partial charge in [-0.05, 0) is 32.0 Å². The van der Waals surface area contributed by atoms with E-state index in [9.17, 15) is 14.0 Å². The Morgan fingerprint density at radius 3 is 2.57 bits per heavy atom. The van der Waals surface area contributed by atoms with Crippen molar-refractivity contribution in [3.05, 3.63) is 51.0 Å². The Hall–Kier alpha value is -2.21. The van der Waals surface area contributed by atoms with Crippen LogP contribution < -0.4 is 4.74 Å². The number of carboxylic acids is 1. The number of thiophene rings is 1. The van der Waals surface area contributed by atoms with Gasteiger partial charge in [0, 0.05) is 16.5 Å². The average Bonchev–Trinajstić information content (AvgIpc) is 2.77. The molecule has 0 aliphatic rings. The molecule has 1 N–H and O–H groups in total. The van der Waals surface area contributed by atoms with Crippen LogP contribution in [0.5, 0.6) is 5.75 Å². The number of aromatic carboxylic acids is 1. The van der Waals surface area contributed by atoms with Crippen molar-refractivity contribution >= 4 is 23.1 Å². The summed E-state index contributed by atoms with van der Waals surface area (Å²) in [6.45, 7) is 3.24. The highest BCUT2D eigenvalue weighted by Crippen LogP contribution is 2.24. The van der Waals surface area contributed by atoms with E-state index in [4.69, 9.17) is 9.84 Å². The van der Waals surface area contributed by atoms with Crippen LogP contribution in [0.4, 0.5) is 4.39 Å². The maximum atomic E-state index is 13.6. The number of ether oxygens (including phenoxy) is 1. The molecule has 0 aliphatic heterocycles. The van der Waals surface area contributed by atoms with Crippen LogP contribution in [0, 0.1) is 12.7 Å². The molecule has 0 bridgehead atoms. The maximum absolute atomic E-state index is 13.6. The van der Waals surface area contributed by atoms with E-state index in [1.165, 1.54) is 30.4 Å². The van der Waals surface area contributed by atoms with Crippen molar-refractivity contribution in [2.75, 3.05) is 0 Å². The highest BCUT2D eigenvalue weighted by atomic mass is 32.1. The first-order valence-electron chi connectivity index (χ1n) is 6.14. The zero-order valence-electron chi connectivity index (χ0n) is 11.5. The van der Waals surface area contributed by atoms with Crippen LogP contribution in [0.1, 0.15) is 37.4 Å². The van der Waals surface area contributed by atoms with Gasteiger partial charge in [-0.2, -0.15) is 0 Å². The van der Waals surface area contributed by atoms with E-state index < -0.39 is 11.8 Å². The Kier molecular flexibility index (Phi) is 4.37. The molecule has 110 valence electrons. The van der Waals surface area contributed by atoms with Crippen LogP contribution in [0.3, 0.4) is 0 Å². The molecule has 0 amide bonds. The number of carboxylic acid groups (broad SMARTS) is 1. The number of hydrogen-bond acceptors (Lipinski definition) is 4. The summed E-state index contributed by atoms with van der Waals surface area (Å²) in [5, 5.41) is 8.91. The molecule has 0 saturated heterocycles. The molecule has 2 rings (SSSR count). The SMILES string of the molecule is CC(=O)c1ccc(OCc2cc(C(=O)O)sc2C)cc1F. The van der Waals surface area contributed by atoms with Gasteiger partial charge in [0.2, 0.25) is 0 Å². The Morgan fingerprint density at radius 1 is 1.33 bits per heavy atom. The number of halogens is 1. The number of ketones is 1. The van der Waals surface area contributed by atoms with Gasteiger partial charge in [0.25, 0.3) is 0 Å². The van der Waals surface area contributed by atoms with Gasteiger partial charge >= 0.3 is 5.97 Å². The Morgan fingerprint density at radius 2 is 2.05 bits per heavy atom. The fraction of sp³-hybridized carbons (Fsp3) is 0.200. The monoisotopic (exact) mass is 308 g/mol. The van der Waals surface area contributed by atoms with Gasteiger partial charge in [-0.15, -0.1) is 11.3 Å². The first-order valence-corrected chi connectivity index (χ1v) is 6.96. The predicted octanol–water partition coefficient (Wildman–Crippen LogP) is 3.68. The lowest BCUT2D eigenvalue weighted by molar-refractivity contribution is 0.0701. The number of aryl methyl sites for hydroxylation is 1. The fourth-order valence-electron chi connectivity index (χ4n) is 1.80. The van der Waals surface area contributed by atoms with Gasteiger partial charge in [0.15, 0.2) is 5.78 Å². The number of rotatable bonds is 5. The number of hydrogen-bond donors (Lipinski definition) is 1. The van der Waals surface area contributed by atoms with Crippen molar-refractivity contribution in [1.82, 2.24) is 0 Å². The summed E-state index contributed by atoms with van der Waals surface area (Å²) in [7, 11) is 0. The summed E-state index contributed by atoms with van der Waals surface area (Å²) in [5.41, 5.74) is 0.760. The van der Waals surface area contributed by atoms with Crippen molar-refractivity contribution in [3.8, 4) is 5.75 Å². The highest BCUT2D eigenvalue weighted by Gasteiger charge is 2.12. The maximum Gasteiger partial charge on any atom is 0.345 e. The minimum atomic E-state index is -0.980. The number of carbonyl (C=O) groups excluding carboxylic acids is 1. The van der Waals surface area contributed by atoms with Crippen LogP contribution in [0.15, 0.2) is 24.3 Å². The zero-order chi connectivity index (χ0) is 15.6. The van der Waals surface area contributed by atoms with Crippen LogP contribution in [-0.4, -0.2) is 16.9 Å². The average molecular weight is 308 g/mol. The summed E-state index contributed by atoms with van der Waals surface area (Å²) >= 11 is 1.17. The van der Waals surface area contributed by atoms with Gasteiger partial charge < -0.3 is 9.84 Å². The summed E-state index contributed by atoms with van der Waals surface area (Å²) in [4.78, 5) is 23.1. The van der Waals surface area contributed by atoms with Crippen molar-refractivity contribution < 1.29 is 23.8 Å². The number of benzene rings is 1. The molecule has 0 saturated carbocycles. The molecule has 6 heteroatoms. The van der Waals surface area contributed by atoms with Crippen molar-refractivity contribution in [2.45, 2.75) is 20.5 Å². The lowest BCUT2D eigenvalue weighted by atomic mass is 10.1. The molecule has 1 heterocycles. The molecule has 4 nitrogen and oxygen atoms in total. The smallest absolute Gasteiger partial charge is 0.345 e. The van der Waals surface area contributed by atoms with E-state index in [0.29, 0.717) is 5.75 Å². The van der Waals surface area contributed by atoms with Gasteiger partial charge in [0.05, 0.1) is 5.56 Å². The van der Waals surface area contributed by atoms with Gasteiger partial charge in [-0.25, -0.2) is 9.18 Å². The second-order valence-corrected chi connectivity index (χ2v) is 5.74. The second-order valence-electron chi connectivity index (χ2n) is 4.48. The van der Waals surface area contributed by atoms with E-state index in [0.717, 1.165) is 16.5 Å². The molecule has 2 aromatic rings. The minimum absolute atomic E-state index is 0.0160. The standard InChI is InChI=1S/C15H13FO4S/c1-8(17)12-4-3-11(6-13(12)16)20-7-10-5-14(15(18)19)21-9(10)2/h3-6H,7H2,1-2H3,(H,18,19). The van der Waals surface area contributed by atoms with Gasteiger partial charge in [0.1, 0.15) is 23.1 Å². The minimum Gasteiger partial charge on any atom is -0.489 e. The summed E-state index contributed by atoms with van der Waals surface area (Å²) in [6, 6.07) is 5.58. The van der Waals surface area contributed by atoms with Crippen molar-refractivity contribution in [3.63, 3.8) is 0 Å². The Bertz CT molecular complexity index is 706. The normalized spacial score (nSPS) is 10.4. The third-order valence-electron chi connectivity index (χ3n) is 2.95. The van der Waals surface area contributed by atoms with Crippen LogP contribution in [-0.2, 0) is 6.61 Å². The number of Topliss-reactive ketones (excluding diaryl/α,β-unsaturated/α-hetero) is 1. The Balaban J connectivity index is 2.11. The summed E-state index contributed by atoms with van der Waals surface area (Å²) in [6.07, 6.45) is 0. The topological polar surface area (TPSA) is 63.6 Å². The van der Waals surface area contributed by atoms with E-state index >= 15 is 0 Å². The van der Waals surface area contributed by atoms with Crippen LogP contribution in [0.25, 0.3) is 0 Å². The molecule has 0 unspecified atom stereocenters. The van der Waals surface area contributed by atoms with Gasteiger partial charge in [-0.3, -0.25) is 4.79 Å². The van der Waals surface area contributed by atoms with Gasteiger partial charge in [-0.1, -0.05) is 0 Å². The number of carbonyl (C=O) groups is 2. The predicted molar refractivity (Wildman–Crippen MR) is 76.8 cm³/mol. The molecule has 0 fully saturated rings. The van der Waals surface area contributed by atoms with E-state index in [2.05, 4.69) is 0 Å². The highest BCUT2D eigenvalue weighted by molar-refractivity contribution is 7.14. The van der Waals surface area contributed by atoms with Crippen molar-refractivity contribution in [2.24, 2.45) is 0 Å². The lowest BCUT2D eigenvalue weighted by Gasteiger charge is -2.07. The molecule has 0 atom stereocenters. The molecule has 1 aromatic heterocycles. The molecular formula is C15H13FO4S. The van der Waals surface area contributed by atoms with Crippen LogP contribution in [0.2, 0.25) is 0 Å². The largest absolute Gasteiger partial charge is 0.489 e. The van der Waals surface area contributed by atoms with E-state index in [1.807, 2.05) is 0 Å². The van der Waals surface area contributed by atoms with Crippen LogP contribution >= 0.6 is 11.3 Å². The third-order valence-corrected chi connectivity index (χ3v) is 4.03. The van der Waals surface area contributed by atoms with E-state index in [-0.39, 0.29) is 22.8 Å². The fourth-order valence-corrected chi connectivity index (χ4v) is 2.67. The summed E-state index contributed by atoms with van der Waals surface area (Å²) < 4.78 is 19.1. The quantitative estimate of drug-likeness (QED) is 0.856. The van der Waals surface area contributed by atoms with E-state index in [1.54, 1.807) is 13.0 Å². The molecule has 0 aliphatic carbocycles. The summed E-state index contributed by atoms with van der Waals surface area (Å²) in [5.74, 6) is -1.67. The lowest BCUT2D eigenvalue weighted by Crippen LogP contribution is -2.00. The zero-order valence-corrected chi connectivity index (χ0v) is 12.3. The van der Waals surface area contributed by atoms with Crippen molar-refractivity contribution in [1.29, 1.82) is 0 Å². The first-order chi connectivity index (χ1) is 9.88. The molecule has 1 aromatic carbocycles. The molecule has 0 radical (unpaired) electrons. The third kappa shape index (κ3) is 3.46. The molecule has 0 spiro atoms. The molecule has 21 heavy (non-hydrogen) atoms. The Labute approximate surface area is 124 Å².